The second-order valence-electron chi connectivity index (χ2n) is 8.85. The van der Waals surface area contributed by atoms with E-state index in [1.165, 1.54) is 9.13 Å². The van der Waals surface area contributed by atoms with Gasteiger partial charge in [0.25, 0.3) is 5.56 Å². The van der Waals surface area contributed by atoms with E-state index < -0.39 is 11.2 Å². The van der Waals surface area contributed by atoms with E-state index >= 15 is 0 Å². The first-order chi connectivity index (χ1) is 18.4. The third-order valence-corrected chi connectivity index (χ3v) is 6.34. The monoisotopic (exact) mass is 512 g/mol. The summed E-state index contributed by atoms with van der Waals surface area (Å²) < 4.78 is 13.6. The molecule has 0 aliphatic carbocycles. The number of hydrogen-bond donors (Lipinski definition) is 1. The van der Waals surface area contributed by atoms with E-state index in [0.29, 0.717) is 36.1 Å². The van der Waals surface area contributed by atoms with Crippen LogP contribution in [0.1, 0.15) is 5.56 Å². The molecule has 0 bridgehead atoms. The number of nitrogens with one attached hydrogen (secondary N) is 1. The third kappa shape index (κ3) is 5.01. The van der Waals surface area contributed by atoms with Gasteiger partial charge >= 0.3 is 5.69 Å². The maximum Gasteiger partial charge on any atom is 0.332 e. The lowest BCUT2D eigenvalue weighted by molar-refractivity contribution is 0.325. The van der Waals surface area contributed by atoms with Gasteiger partial charge in [0.15, 0.2) is 5.65 Å². The van der Waals surface area contributed by atoms with Crippen molar-refractivity contribution in [3.8, 4) is 22.9 Å². The fraction of sp³-hybridized carbons (Fsp3) is 0.214. The van der Waals surface area contributed by atoms with Gasteiger partial charge in [-0.05, 0) is 54.1 Å². The molecule has 0 saturated heterocycles. The molecule has 1 N–H and O–H groups in total. The molecule has 3 aromatic heterocycles. The molecular formula is C28H28N6O4. The summed E-state index contributed by atoms with van der Waals surface area (Å²) in [7, 11) is 5.16. The smallest absolute Gasteiger partial charge is 0.332 e. The molecule has 0 radical (unpaired) electrons. The summed E-state index contributed by atoms with van der Waals surface area (Å²) in [5, 5.41) is 0. The van der Waals surface area contributed by atoms with E-state index in [1.54, 1.807) is 32.5 Å². The van der Waals surface area contributed by atoms with Crippen LogP contribution in [0.3, 0.4) is 0 Å². The van der Waals surface area contributed by atoms with Gasteiger partial charge in [-0.15, -0.1) is 0 Å². The van der Waals surface area contributed by atoms with Crippen molar-refractivity contribution < 1.29 is 9.47 Å². The van der Waals surface area contributed by atoms with Crippen molar-refractivity contribution in [1.29, 1.82) is 0 Å². The summed E-state index contributed by atoms with van der Waals surface area (Å²) in [6.07, 6.45) is 1.76. The van der Waals surface area contributed by atoms with Gasteiger partial charge in [-0.3, -0.25) is 13.9 Å². The number of rotatable bonds is 9. The number of fused-ring (bicyclic) bond motifs is 1. The SMILES string of the molecule is COc1ccc(Cn2c(=O)c3[nH]c(-c4ccc(OCCN(C)c5ccccn5)cc4)nc3n(C)c2=O)cc1. The Bertz CT molecular complexity index is 1660. The lowest BCUT2D eigenvalue weighted by atomic mass is 10.2. The Morgan fingerprint density at radius 1 is 0.974 bits per heavy atom. The quantitative estimate of drug-likeness (QED) is 0.323. The highest BCUT2D eigenvalue weighted by Crippen LogP contribution is 2.22. The highest BCUT2D eigenvalue weighted by Gasteiger charge is 2.16. The van der Waals surface area contributed by atoms with Crippen LogP contribution in [0.15, 0.2) is 82.5 Å². The molecule has 0 aliphatic heterocycles. The third-order valence-electron chi connectivity index (χ3n) is 6.34. The Balaban J connectivity index is 1.33. The van der Waals surface area contributed by atoms with Crippen molar-refractivity contribution in [2.24, 2.45) is 7.05 Å². The van der Waals surface area contributed by atoms with Crippen LogP contribution in [0.5, 0.6) is 11.5 Å². The standard InChI is InChI=1S/C28H28N6O4/c1-32(23-6-4-5-15-29-23)16-17-38-22-13-9-20(10-14-22)25-30-24-26(31-25)33(2)28(36)34(27(24)35)18-19-7-11-21(37-3)12-8-19/h4-15H,16-18H2,1-3H3,(H,30,31). The zero-order chi connectivity index (χ0) is 26.6. The molecular weight excluding hydrogens is 484 g/mol. The fourth-order valence-electron chi connectivity index (χ4n) is 4.14. The van der Waals surface area contributed by atoms with E-state index in [2.05, 4.69) is 15.0 Å². The van der Waals surface area contributed by atoms with Gasteiger partial charge < -0.3 is 19.4 Å². The Hall–Kier alpha value is -4.86. The first kappa shape index (κ1) is 24.8. The highest BCUT2D eigenvalue weighted by molar-refractivity contribution is 5.75. The molecule has 0 spiro atoms. The Morgan fingerprint density at radius 2 is 1.71 bits per heavy atom. The number of nitrogens with zero attached hydrogens (tertiary/aromatic N) is 5. The molecule has 0 amide bonds. The maximum absolute atomic E-state index is 13.2. The van der Waals surface area contributed by atoms with Gasteiger partial charge in [0.05, 0.1) is 20.2 Å². The molecule has 0 unspecified atom stereocenters. The largest absolute Gasteiger partial charge is 0.497 e. The van der Waals surface area contributed by atoms with E-state index in [-0.39, 0.29) is 12.1 Å². The lowest BCUT2D eigenvalue weighted by Gasteiger charge is -2.18. The zero-order valence-electron chi connectivity index (χ0n) is 21.4. The van der Waals surface area contributed by atoms with Crippen LogP contribution in [-0.2, 0) is 13.6 Å². The predicted octanol–water partition coefficient (Wildman–Crippen LogP) is 3.06. The van der Waals surface area contributed by atoms with Crippen molar-refractivity contribution in [3.05, 3.63) is 99.3 Å². The number of anilines is 1. The molecule has 10 heteroatoms. The first-order valence-electron chi connectivity index (χ1n) is 12.1. The Kier molecular flexibility index (Phi) is 6.94. The minimum absolute atomic E-state index is 0.140. The fourth-order valence-corrected chi connectivity index (χ4v) is 4.14. The summed E-state index contributed by atoms with van der Waals surface area (Å²) in [4.78, 5) is 40.2. The van der Waals surface area contributed by atoms with Gasteiger partial charge in [-0.25, -0.2) is 14.8 Å². The second-order valence-corrected chi connectivity index (χ2v) is 8.85. The number of aryl methyl sites for hydroxylation is 1. The molecule has 5 rings (SSSR count). The lowest BCUT2D eigenvalue weighted by Crippen LogP contribution is -2.39. The van der Waals surface area contributed by atoms with Gasteiger partial charge in [-0.1, -0.05) is 18.2 Å². The Morgan fingerprint density at radius 3 is 2.39 bits per heavy atom. The average molecular weight is 513 g/mol. The summed E-state index contributed by atoms with van der Waals surface area (Å²) in [5.41, 5.74) is 1.30. The van der Waals surface area contributed by atoms with Gasteiger partial charge in [-0.2, -0.15) is 0 Å². The molecule has 194 valence electrons. The number of pyridine rings is 1. The number of H-pyrrole nitrogens is 1. The Labute approximate surface area is 218 Å². The molecule has 0 aliphatic rings. The number of likely N-dealkylation sites (N-methyl/N-ethyl adjacent to an activating group) is 1. The number of imidazole rings is 1. The summed E-state index contributed by atoms with van der Waals surface area (Å²) in [6, 6.07) is 20.5. The second kappa shape index (κ2) is 10.6. The van der Waals surface area contributed by atoms with Crippen molar-refractivity contribution >= 4 is 17.0 Å². The van der Waals surface area contributed by atoms with Crippen molar-refractivity contribution in [2.75, 3.05) is 32.2 Å². The van der Waals surface area contributed by atoms with Crippen LogP contribution in [0.4, 0.5) is 5.82 Å². The van der Waals surface area contributed by atoms with Crippen LogP contribution < -0.4 is 25.6 Å². The first-order valence-corrected chi connectivity index (χ1v) is 12.1. The van der Waals surface area contributed by atoms with Crippen molar-refractivity contribution in [1.82, 2.24) is 24.1 Å². The van der Waals surface area contributed by atoms with Crippen LogP contribution in [0.25, 0.3) is 22.6 Å². The molecule has 10 nitrogen and oxygen atoms in total. The minimum Gasteiger partial charge on any atom is -0.497 e. The van der Waals surface area contributed by atoms with Crippen LogP contribution in [0, 0.1) is 0 Å². The van der Waals surface area contributed by atoms with E-state index in [0.717, 1.165) is 16.9 Å². The van der Waals surface area contributed by atoms with Gasteiger partial charge in [0.1, 0.15) is 35.3 Å². The molecule has 38 heavy (non-hydrogen) atoms. The minimum atomic E-state index is -0.434. The predicted molar refractivity (Wildman–Crippen MR) is 146 cm³/mol. The zero-order valence-corrected chi connectivity index (χ0v) is 21.4. The van der Waals surface area contributed by atoms with Gasteiger partial charge in [0.2, 0.25) is 0 Å². The summed E-state index contributed by atoms with van der Waals surface area (Å²) in [5.74, 6) is 2.80. The average Bonchev–Trinajstić information content (AvgIpc) is 3.41. The number of aromatic nitrogens is 5. The van der Waals surface area contributed by atoms with Crippen LogP contribution in [-0.4, -0.2) is 51.4 Å². The topological polar surface area (TPSA) is 107 Å². The number of ether oxygens (including phenoxy) is 2. The molecule has 5 aromatic rings. The van der Waals surface area contributed by atoms with Crippen LogP contribution >= 0.6 is 0 Å². The molecule has 0 atom stereocenters. The molecule has 2 aromatic carbocycles. The van der Waals surface area contributed by atoms with Crippen molar-refractivity contribution in [2.45, 2.75) is 6.54 Å². The van der Waals surface area contributed by atoms with Crippen LogP contribution in [0.2, 0.25) is 0 Å². The number of methoxy groups -OCH3 is 1. The maximum atomic E-state index is 13.2. The molecule has 0 fully saturated rings. The van der Waals surface area contributed by atoms with E-state index in [9.17, 15) is 9.59 Å². The van der Waals surface area contributed by atoms with Gasteiger partial charge in [0, 0.05) is 25.9 Å². The van der Waals surface area contributed by atoms with E-state index in [1.807, 2.05) is 66.5 Å². The summed E-state index contributed by atoms with van der Waals surface area (Å²) in [6.45, 7) is 1.31. The highest BCUT2D eigenvalue weighted by atomic mass is 16.5. The number of hydrogen-bond acceptors (Lipinski definition) is 7. The van der Waals surface area contributed by atoms with E-state index in [4.69, 9.17) is 9.47 Å². The number of benzene rings is 2. The van der Waals surface area contributed by atoms with Crippen molar-refractivity contribution in [3.63, 3.8) is 0 Å². The molecule has 0 saturated carbocycles. The summed E-state index contributed by atoms with van der Waals surface area (Å²) >= 11 is 0. The normalized spacial score (nSPS) is 11.0. The molecule has 3 heterocycles. The number of aromatic amines is 1.